The minimum absolute atomic E-state index is 0.209. The smallest absolute Gasteiger partial charge is 0.258 e. The molecule has 5 nitrogen and oxygen atoms in total. The van der Waals surface area contributed by atoms with Gasteiger partial charge in [-0.25, -0.2) is 4.39 Å². The van der Waals surface area contributed by atoms with Crippen LogP contribution in [0.25, 0.3) is 0 Å². The molecule has 0 spiro atoms. The lowest BCUT2D eigenvalue weighted by Gasteiger charge is -2.09. The highest BCUT2D eigenvalue weighted by Crippen LogP contribution is 2.31. The summed E-state index contributed by atoms with van der Waals surface area (Å²) in [6.07, 6.45) is 0. The molecule has 2 aromatic rings. The van der Waals surface area contributed by atoms with Crippen molar-refractivity contribution in [3.05, 3.63) is 58.3 Å². The highest BCUT2D eigenvalue weighted by molar-refractivity contribution is 6.42. The molecule has 2 N–H and O–H groups in total. The molecule has 126 valence electrons. The summed E-state index contributed by atoms with van der Waals surface area (Å²) < 4.78 is 18.0. The van der Waals surface area contributed by atoms with Gasteiger partial charge in [-0.1, -0.05) is 29.3 Å². The first-order valence-corrected chi connectivity index (χ1v) is 7.60. The molecule has 0 unspecified atom stereocenters. The molecule has 2 amide bonds. The van der Waals surface area contributed by atoms with E-state index in [0.29, 0.717) is 10.7 Å². The summed E-state index contributed by atoms with van der Waals surface area (Å²) in [5.41, 5.74) is 0.428. The van der Waals surface area contributed by atoms with Crippen LogP contribution in [0.2, 0.25) is 10.0 Å². The summed E-state index contributed by atoms with van der Waals surface area (Å²) in [6.45, 7) is -0.563. The second kappa shape index (κ2) is 8.52. The summed E-state index contributed by atoms with van der Waals surface area (Å²) in [6, 6.07) is 10.1. The zero-order valence-corrected chi connectivity index (χ0v) is 13.8. The Morgan fingerprint density at radius 3 is 2.46 bits per heavy atom. The Morgan fingerprint density at radius 1 is 1.04 bits per heavy atom. The van der Waals surface area contributed by atoms with Gasteiger partial charge >= 0.3 is 0 Å². The van der Waals surface area contributed by atoms with Gasteiger partial charge < -0.3 is 15.4 Å². The molecule has 0 atom stereocenters. The van der Waals surface area contributed by atoms with Crippen molar-refractivity contribution in [2.24, 2.45) is 0 Å². The Balaban J connectivity index is 1.75. The summed E-state index contributed by atoms with van der Waals surface area (Å²) in [5, 5.41) is 5.43. The van der Waals surface area contributed by atoms with Gasteiger partial charge in [0.05, 0.1) is 11.6 Å². The molecule has 0 aliphatic heterocycles. The van der Waals surface area contributed by atoms with Crippen LogP contribution in [0.3, 0.4) is 0 Å². The number of hydrogen-bond donors (Lipinski definition) is 2. The van der Waals surface area contributed by atoms with Crippen LogP contribution in [0.15, 0.2) is 42.5 Å². The van der Waals surface area contributed by atoms with Gasteiger partial charge in [-0.2, -0.15) is 0 Å². The first kappa shape index (κ1) is 18.0. The van der Waals surface area contributed by atoms with Crippen LogP contribution in [-0.4, -0.2) is 25.0 Å². The third-order valence-electron chi connectivity index (χ3n) is 2.85. The van der Waals surface area contributed by atoms with Crippen LogP contribution >= 0.6 is 23.2 Å². The first-order chi connectivity index (χ1) is 11.5. The van der Waals surface area contributed by atoms with E-state index in [9.17, 15) is 14.0 Å². The van der Waals surface area contributed by atoms with Crippen molar-refractivity contribution in [3.63, 3.8) is 0 Å². The first-order valence-electron chi connectivity index (χ1n) is 6.84. The van der Waals surface area contributed by atoms with E-state index < -0.39 is 17.6 Å². The number of amides is 2. The molecular formula is C16H13Cl2FN2O3. The molecule has 24 heavy (non-hydrogen) atoms. The Labute approximate surface area is 147 Å². The lowest BCUT2D eigenvalue weighted by molar-refractivity contribution is -0.125. The minimum Gasteiger partial charge on any atom is -0.482 e. The van der Waals surface area contributed by atoms with Gasteiger partial charge in [-0.15, -0.1) is 0 Å². The summed E-state index contributed by atoms with van der Waals surface area (Å²) in [7, 11) is 0. The van der Waals surface area contributed by atoms with Crippen molar-refractivity contribution >= 4 is 40.7 Å². The maximum absolute atomic E-state index is 12.8. The quantitative estimate of drug-likeness (QED) is 0.819. The zero-order valence-electron chi connectivity index (χ0n) is 12.3. The number of anilines is 1. The van der Waals surface area contributed by atoms with E-state index in [-0.39, 0.29) is 23.9 Å². The van der Waals surface area contributed by atoms with Crippen LogP contribution in [-0.2, 0) is 9.59 Å². The number of nitrogens with one attached hydrogen (secondary N) is 2. The van der Waals surface area contributed by atoms with E-state index in [4.69, 9.17) is 27.9 Å². The lowest BCUT2D eigenvalue weighted by atomic mass is 10.3. The van der Waals surface area contributed by atoms with Gasteiger partial charge in [-0.05, 0) is 36.4 Å². The lowest BCUT2D eigenvalue weighted by Crippen LogP contribution is -2.35. The maximum atomic E-state index is 12.8. The van der Waals surface area contributed by atoms with Crippen LogP contribution in [0, 0.1) is 5.82 Å². The van der Waals surface area contributed by atoms with Crippen molar-refractivity contribution in [1.29, 1.82) is 0 Å². The fourth-order valence-corrected chi connectivity index (χ4v) is 2.05. The Bertz CT molecular complexity index is 739. The highest BCUT2D eigenvalue weighted by Gasteiger charge is 2.10. The number of benzene rings is 2. The van der Waals surface area contributed by atoms with Gasteiger partial charge in [0.1, 0.15) is 16.6 Å². The Morgan fingerprint density at radius 2 is 1.75 bits per heavy atom. The number of carbonyl (C=O) groups excluding carboxylic acids is 2. The average Bonchev–Trinajstić information content (AvgIpc) is 2.56. The third-order valence-corrected chi connectivity index (χ3v) is 3.65. The standard InChI is InChI=1S/C16H13Cl2FN2O3/c17-12-2-1-3-13(16(12)18)24-9-15(23)20-8-14(22)21-11-6-4-10(19)5-7-11/h1-7H,8-9H2,(H,20,23)(H,21,22). The largest absolute Gasteiger partial charge is 0.482 e. The molecule has 0 saturated heterocycles. The number of rotatable bonds is 6. The third kappa shape index (κ3) is 5.40. The van der Waals surface area contributed by atoms with E-state index >= 15 is 0 Å². The fraction of sp³-hybridized carbons (Fsp3) is 0.125. The number of hydrogen-bond acceptors (Lipinski definition) is 3. The predicted octanol–water partition coefficient (Wildman–Crippen LogP) is 3.27. The van der Waals surface area contributed by atoms with Crippen LogP contribution in [0.1, 0.15) is 0 Å². The Hall–Kier alpha value is -2.31. The van der Waals surface area contributed by atoms with Gasteiger partial charge in [-0.3, -0.25) is 9.59 Å². The van der Waals surface area contributed by atoms with Crippen molar-refractivity contribution in [3.8, 4) is 5.75 Å². The van der Waals surface area contributed by atoms with Crippen molar-refractivity contribution in [1.82, 2.24) is 5.32 Å². The molecule has 0 bridgehead atoms. The molecule has 0 aliphatic rings. The SMILES string of the molecule is O=C(COc1cccc(Cl)c1Cl)NCC(=O)Nc1ccc(F)cc1. The van der Waals surface area contributed by atoms with Crippen LogP contribution < -0.4 is 15.4 Å². The number of ether oxygens (including phenoxy) is 1. The average molecular weight is 371 g/mol. The predicted molar refractivity (Wildman–Crippen MR) is 90.0 cm³/mol. The molecule has 0 saturated carbocycles. The van der Waals surface area contributed by atoms with Gasteiger partial charge in [0.2, 0.25) is 5.91 Å². The topological polar surface area (TPSA) is 67.4 Å². The van der Waals surface area contributed by atoms with E-state index in [1.54, 1.807) is 18.2 Å². The second-order valence-electron chi connectivity index (χ2n) is 4.67. The fourth-order valence-electron chi connectivity index (χ4n) is 1.71. The summed E-state index contributed by atoms with van der Waals surface area (Å²) in [5.74, 6) is -1.08. The van der Waals surface area contributed by atoms with E-state index in [2.05, 4.69) is 10.6 Å². The second-order valence-corrected chi connectivity index (χ2v) is 5.46. The van der Waals surface area contributed by atoms with Gasteiger partial charge in [0.15, 0.2) is 6.61 Å². The monoisotopic (exact) mass is 370 g/mol. The van der Waals surface area contributed by atoms with E-state index in [1.807, 2.05) is 0 Å². The number of halogens is 3. The minimum atomic E-state index is -0.500. The maximum Gasteiger partial charge on any atom is 0.258 e. The normalized spacial score (nSPS) is 10.1. The number of carbonyl (C=O) groups is 2. The molecule has 0 radical (unpaired) electrons. The zero-order chi connectivity index (χ0) is 17.5. The molecule has 0 fully saturated rings. The molecule has 2 aromatic carbocycles. The van der Waals surface area contributed by atoms with Gasteiger partial charge in [0, 0.05) is 5.69 Å². The molecular weight excluding hydrogens is 358 g/mol. The molecule has 0 heterocycles. The molecule has 0 aromatic heterocycles. The van der Waals surface area contributed by atoms with Crippen LogP contribution in [0.5, 0.6) is 5.75 Å². The van der Waals surface area contributed by atoms with Crippen LogP contribution in [0.4, 0.5) is 10.1 Å². The molecule has 2 rings (SSSR count). The van der Waals surface area contributed by atoms with Crippen molar-refractivity contribution in [2.45, 2.75) is 0 Å². The van der Waals surface area contributed by atoms with E-state index in [0.717, 1.165) is 0 Å². The van der Waals surface area contributed by atoms with Crippen molar-refractivity contribution in [2.75, 3.05) is 18.5 Å². The highest BCUT2D eigenvalue weighted by atomic mass is 35.5. The summed E-state index contributed by atoms with van der Waals surface area (Å²) >= 11 is 11.8. The van der Waals surface area contributed by atoms with Crippen molar-refractivity contribution < 1.29 is 18.7 Å². The molecule has 8 heteroatoms. The summed E-state index contributed by atoms with van der Waals surface area (Å²) in [4.78, 5) is 23.3. The van der Waals surface area contributed by atoms with Gasteiger partial charge in [0.25, 0.3) is 5.91 Å². The molecule has 0 aliphatic carbocycles. The Kier molecular flexibility index (Phi) is 6.40. The van der Waals surface area contributed by atoms with E-state index in [1.165, 1.54) is 24.3 Å².